The molecule has 1 rings (SSSR count). The number of nitrogens with one attached hydrogen (secondary N) is 1. The number of alkyl halides is 6. The molecule has 1 heterocycles. The number of halogens is 6. The van der Waals surface area contributed by atoms with Gasteiger partial charge in [0.2, 0.25) is 0 Å². The van der Waals surface area contributed by atoms with Crippen molar-refractivity contribution >= 4 is 22.7 Å². The molecule has 3 N–H and O–H groups in total. The van der Waals surface area contributed by atoms with Crippen LogP contribution in [-0.4, -0.2) is 59.5 Å². The summed E-state index contributed by atoms with van der Waals surface area (Å²) >= 11 is -5.25. The summed E-state index contributed by atoms with van der Waals surface area (Å²) in [5, 5.41) is 6.61. The summed E-state index contributed by atoms with van der Waals surface area (Å²) in [6, 6.07) is 0. The molecule has 0 bridgehead atoms. The van der Waals surface area contributed by atoms with Crippen molar-refractivity contribution in [2.24, 2.45) is 0 Å². The van der Waals surface area contributed by atoms with Crippen molar-refractivity contribution in [2.45, 2.75) is 39.0 Å². The predicted octanol–water partition coefficient (Wildman–Crippen LogP) is 1.63. The number of carbonyl (C=O) groups excluding carboxylic acids is 2. The van der Waals surface area contributed by atoms with Gasteiger partial charge in [-0.2, -0.15) is 31.4 Å². The molecule has 0 fully saturated rings. The zero-order valence-corrected chi connectivity index (χ0v) is 18.5. The van der Waals surface area contributed by atoms with E-state index in [4.69, 9.17) is 15.9 Å². The molecule has 18 heteroatoms. The minimum atomic E-state index is -5.25. The molecule has 0 saturated carbocycles. The Hall–Kier alpha value is -1.87. The average Bonchev–Trinajstić information content (AvgIpc) is 2.75. The number of aryl methyl sites for hydroxylation is 2. The van der Waals surface area contributed by atoms with Gasteiger partial charge in [-0.25, -0.2) is 0 Å². The molecule has 0 atom stereocenters. The zero-order valence-electron chi connectivity index (χ0n) is 16.4. The molecule has 1 aromatic heterocycles. The van der Waals surface area contributed by atoms with Gasteiger partial charge in [0.15, 0.2) is 0 Å². The summed E-state index contributed by atoms with van der Waals surface area (Å²) in [6.45, 7) is 4.03. The van der Waals surface area contributed by atoms with E-state index in [9.17, 15) is 40.1 Å². The maximum atomic E-state index is 11.5. The summed E-state index contributed by atoms with van der Waals surface area (Å²) in [6.07, 6.45) is -8.95. The average molecular weight is 530 g/mol. The molecule has 10 nitrogen and oxygen atoms in total. The molecular formula is C13H20CrF6N2O8S. The van der Waals surface area contributed by atoms with Gasteiger partial charge in [-0.1, -0.05) is 0 Å². The van der Waals surface area contributed by atoms with Gasteiger partial charge in [-0.05, 0) is 19.4 Å². The van der Waals surface area contributed by atoms with E-state index in [-0.39, 0.29) is 0 Å². The van der Waals surface area contributed by atoms with Crippen LogP contribution in [0.3, 0.4) is 0 Å². The van der Waals surface area contributed by atoms with Crippen LogP contribution in [0.4, 0.5) is 26.3 Å². The summed E-state index contributed by atoms with van der Waals surface area (Å²) in [5.74, 6) is -4.12. The van der Waals surface area contributed by atoms with Gasteiger partial charge < -0.3 is 4.74 Å². The molecule has 184 valence electrons. The van der Waals surface area contributed by atoms with Gasteiger partial charge in [0.1, 0.15) is 12.8 Å². The molecule has 0 unspecified atom stereocenters. The standard InChI is InChI=1S/C6H4F6O3.C5H8N2.C2H6OS.Cr.2H2O.2O/c7-5(8,9)1-3(13)15-4(14)2-6(10,11)12;1-4-3-6-7-5(4)2;1-4(2)3;;;;;/h1-2H2;3H,1-2H3,(H,6,7);1-2H3;;2*1H2;;/q;;;+2;;;;/p-2. The van der Waals surface area contributed by atoms with Gasteiger partial charge in [-0.15, -0.1) is 0 Å². The fraction of sp³-hybridized carbons (Fsp3) is 0.615. The van der Waals surface area contributed by atoms with Crippen LogP contribution in [0.25, 0.3) is 0 Å². The van der Waals surface area contributed by atoms with E-state index < -0.39 is 61.5 Å². The second kappa shape index (κ2) is 15.0. The minimum absolute atomic E-state index is 0.611. The fourth-order valence-electron chi connectivity index (χ4n) is 0.937. The number of aromatic nitrogens is 2. The van der Waals surface area contributed by atoms with Crippen molar-refractivity contribution in [3.63, 3.8) is 0 Å². The van der Waals surface area contributed by atoms with E-state index in [1.165, 1.54) is 5.56 Å². The molecule has 0 aliphatic heterocycles. The Morgan fingerprint density at radius 2 is 1.32 bits per heavy atom. The van der Waals surface area contributed by atoms with Gasteiger partial charge in [0.25, 0.3) is 0 Å². The van der Waals surface area contributed by atoms with E-state index in [0.29, 0.717) is 0 Å². The third-order valence-electron chi connectivity index (χ3n) is 2.00. The van der Waals surface area contributed by atoms with Crippen LogP contribution in [0.2, 0.25) is 0 Å². The van der Waals surface area contributed by atoms with Crippen molar-refractivity contribution in [3.8, 4) is 0 Å². The monoisotopic (exact) mass is 530 g/mol. The van der Waals surface area contributed by atoms with Crippen molar-refractivity contribution in [3.05, 3.63) is 17.5 Å². The molecular weight excluding hydrogens is 510 g/mol. The summed E-state index contributed by atoms with van der Waals surface area (Å²) < 4.78 is 113. The van der Waals surface area contributed by atoms with Gasteiger partial charge in [-0.3, -0.25) is 18.9 Å². The van der Waals surface area contributed by atoms with Crippen molar-refractivity contribution < 1.29 is 74.4 Å². The fourth-order valence-corrected chi connectivity index (χ4v) is 0.937. The molecule has 0 spiro atoms. The Morgan fingerprint density at radius 1 is 1.03 bits per heavy atom. The van der Waals surface area contributed by atoms with Crippen LogP contribution in [0, 0.1) is 13.8 Å². The van der Waals surface area contributed by atoms with Crippen molar-refractivity contribution in [1.29, 1.82) is 0 Å². The van der Waals surface area contributed by atoms with Gasteiger partial charge in [0.05, 0.1) is 6.20 Å². The molecule has 0 aliphatic rings. The number of hydrogen-bond acceptors (Lipinski definition) is 7. The SMILES string of the molecule is CS(C)=O.Cc1cn[nH]c1C.O=C(CC(F)(F)F)OC(=O)CC(F)(F)F.[O]=[Cr](=[O])([OH])[OH]. The topological polar surface area (TPSA) is 164 Å². The molecule has 0 aliphatic carbocycles. The second-order valence-corrected chi connectivity index (χ2v) is 8.18. The van der Waals surface area contributed by atoms with Crippen LogP contribution < -0.4 is 0 Å². The van der Waals surface area contributed by atoms with Crippen LogP contribution in [-0.2, 0) is 46.3 Å². The first kappa shape index (κ1) is 33.8. The second-order valence-electron chi connectivity index (χ2n) is 5.30. The molecule has 1 aromatic rings. The Bertz CT molecular complexity index is 753. The van der Waals surface area contributed by atoms with E-state index in [1.54, 1.807) is 12.5 Å². The first-order valence-corrected chi connectivity index (χ1v) is 11.5. The van der Waals surface area contributed by atoms with Crippen LogP contribution >= 0.6 is 0 Å². The molecule has 0 aromatic carbocycles. The molecule has 0 saturated heterocycles. The molecule has 31 heavy (non-hydrogen) atoms. The number of H-pyrrole nitrogens is 1. The Morgan fingerprint density at radius 3 is 1.45 bits per heavy atom. The van der Waals surface area contributed by atoms with Gasteiger partial charge >= 0.3 is 53.8 Å². The Kier molecular flexibility index (Phi) is 16.4. The number of carbonyl (C=O) groups is 2. The number of aromatic amines is 1. The third-order valence-corrected chi connectivity index (χ3v) is 2.00. The first-order chi connectivity index (χ1) is 13.5. The number of rotatable bonds is 2. The number of hydrogen-bond donors (Lipinski definition) is 3. The van der Waals surface area contributed by atoms with Crippen molar-refractivity contribution in [2.75, 3.05) is 12.5 Å². The third kappa shape index (κ3) is 39.2. The number of nitrogens with zero attached hydrogens (tertiary/aromatic N) is 1. The summed E-state index contributed by atoms with van der Waals surface area (Å²) in [5.41, 5.74) is 2.38. The van der Waals surface area contributed by atoms with E-state index in [2.05, 4.69) is 14.9 Å². The van der Waals surface area contributed by atoms with Gasteiger partial charge in [0, 0.05) is 29.0 Å². The zero-order chi connectivity index (χ0) is 25.6. The Labute approximate surface area is 176 Å². The predicted molar refractivity (Wildman–Crippen MR) is 86.3 cm³/mol. The summed E-state index contributed by atoms with van der Waals surface area (Å²) in [7, 11) is -0.611. The normalized spacial score (nSPS) is 11.1. The number of esters is 2. The van der Waals surface area contributed by atoms with E-state index >= 15 is 0 Å². The van der Waals surface area contributed by atoms with E-state index in [1.807, 2.05) is 20.0 Å². The maximum absolute atomic E-state index is 11.5. The molecule has 0 radical (unpaired) electrons. The van der Waals surface area contributed by atoms with E-state index in [0.717, 1.165) is 5.69 Å². The van der Waals surface area contributed by atoms with Crippen LogP contribution in [0.1, 0.15) is 24.1 Å². The van der Waals surface area contributed by atoms with Crippen LogP contribution in [0.15, 0.2) is 6.20 Å². The Balaban J connectivity index is -0.000000401. The van der Waals surface area contributed by atoms with Crippen molar-refractivity contribution in [1.82, 2.24) is 10.2 Å². The quantitative estimate of drug-likeness (QED) is 0.293. The molecule has 0 amide bonds. The summed E-state index contributed by atoms with van der Waals surface area (Å²) in [4.78, 5) is 20.4. The number of ether oxygens (including phenoxy) is 1. The van der Waals surface area contributed by atoms with Crippen LogP contribution in [0.5, 0.6) is 0 Å². The first-order valence-electron chi connectivity index (χ1n) is 7.32.